The third-order valence-electron chi connectivity index (χ3n) is 17.5. The van der Waals surface area contributed by atoms with Gasteiger partial charge in [-0.25, -0.2) is 43.6 Å². The Morgan fingerprint density at radius 3 is 0.702 bits per heavy atom. The fourth-order valence-electron chi connectivity index (χ4n) is 12.5. The number of carbonyl (C=O) groups is 5. The molecular weight excluding hydrogens is 1660 g/mol. The number of fused-ring (bicyclic) bond motifs is 8. The minimum Gasteiger partial charge on any atom is -1.00 e. The number of nitrogens with one attached hydrogen (secondary N) is 6. The molecule has 30 nitrogen and oxygen atoms in total. The summed E-state index contributed by atoms with van der Waals surface area (Å²) in [5.74, 6) is -6.24. The molecule has 583 valence electrons. The smallest absolute Gasteiger partial charge is 1.00 e. The summed E-state index contributed by atoms with van der Waals surface area (Å²) in [7, 11) is -16.7. The number of nitrogens with zero attached hydrogens (tertiary/aromatic N) is 6. The molecule has 0 aliphatic carbocycles. The number of pyridine rings is 4. The molecule has 2 aliphatic rings. The number of sulfonamides is 4. The fraction of sp³-hybridized carbons (Fsp3) is 0.115. The number of hydrogen-bond acceptors (Lipinski definition) is 15. The second kappa shape index (κ2) is 36.3. The summed E-state index contributed by atoms with van der Waals surface area (Å²) in [6, 6.07) is 54.6. The van der Waals surface area contributed by atoms with Crippen molar-refractivity contribution in [2.24, 2.45) is 0 Å². The van der Waals surface area contributed by atoms with Gasteiger partial charge in [0.1, 0.15) is 26.2 Å². The number of rotatable bonds is 28. The normalized spacial score (nSPS) is 11.9. The summed E-state index contributed by atoms with van der Waals surface area (Å²) in [4.78, 5) is 72.6. The summed E-state index contributed by atoms with van der Waals surface area (Å²) in [6.07, 6.45) is 15.1. The van der Waals surface area contributed by atoms with E-state index >= 15 is 0 Å². The predicted octanol–water partition coefficient (Wildman–Crippen LogP) is 3.21. The maximum absolute atomic E-state index is 13.2. The third-order valence-corrected chi connectivity index (χ3v) is 23.2. The fourth-order valence-corrected chi connectivity index (χ4v) is 16.4. The number of halogens is 1. The molecule has 0 amide bonds. The number of carboxylic acids is 5. The van der Waals surface area contributed by atoms with E-state index in [1.807, 2.05) is 164 Å². The van der Waals surface area contributed by atoms with Crippen molar-refractivity contribution in [2.45, 2.75) is 52.7 Å². The van der Waals surface area contributed by atoms with Gasteiger partial charge in [-0.2, -0.15) is 37.2 Å². The van der Waals surface area contributed by atoms with Crippen LogP contribution in [-0.4, -0.2) is 135 Å². The Labute approximate surface area is 673 Å². The van der Waals surface area contributed by atoms with Gasteiger partial charge in [0.05, 0.1) is 86.7 Å². The summed E-state index contributed by atoms with van der Waals surface area (Å²) >= 11 is 0. The molecule has 36 heteroatoms. The minimum atomic E-state index is -4.19. The van der Waals surface area contributed by atoms with Gasteiger partial charge in [0.25, 0.3) is 5.97 Å². The number of aliphatic carboxylic acids is 5. The van der Waals surface area contributed by atoms with Crippen molar-refractivity contribution in [1.29, 1.82) is 0 Å². The molecule has 9 heterocycles. The van der Waals surface area contributed by atoms with E-state index in [1.54, 1.807) is 48.5 Å². The average molecular weight is 1730 g/mol. The number of carboxylic acid groups (broad SMARTS) is 5. The first-order chi connectivity index (χ1) is 53.5. The molecule has 8 bridgehead atoms. The Balaban J connectivity index is 0.00000224. The van der Waals surface area contributed by atoms with Gasteiger partial charge in [0.2, 0.25) is 62.9 Å². The molecule has 7 aromatic heterocycles. The Hall–Kier alpha value is -11.9. The zero-order chi connectivity index (χ0) is 79.7. The van der Waals surface area contributed by atoms with Crippen LogP contribution >= 0.6 is 0 Å². The minimum absolute atomic E-state index is 0. The van der Waals surface area contributed by atoms with E-state index in [4.69, 9.17) is 19.9 Å². The van der Waals surface area contributed by atoms with Crippen LogP contribution in [0.5, 0.6) is 0 Å². The standard InChI is InChI=1S/C76H62N12O16S4.C2H4O2.BrH.Fe/c89-69(90)41-77-105(97,98)53-21-13-49(14-22-53)45-85-37-5-1-9-65(85)73-57-29-31-59(81-57)74(66-10-2-6-38-86(66)46-50-15-23-54(24-16-50)106(99,100)78-42-70(91)92)61-33-35-63(83-61)76(68-12-4-8-40-88(68)48-52-19-27-56(28-20-52)108(103,104)80-44-72(95)96)64-36-34-62(84-64)75(60-32-30-58(73)82-60)67-11-3-7-39-87(67)47-51-17-25-55(26-18-51)107(101,102)79-43-71(93)94;1-2(3)4;;/h1-40,77-80H,41-48H2,(H2-3,81,82,83,84,89,90,91,92,93,94,95,96);1H3,(H,3,4);1H;/q;;;+3/p+3. The first-order valence-electron chi connectivity index (χ1n) is 34.0. The Bertz CT molecular complexity index is 5550. The zero-order valence-corrected chi connectivity index (χ0v) is 65.8. The Morgan fingerprint density at radius 1 is 0.325 bits per heavy atom. The number of hydrogen-bond donors (Lipinski definition) is 11. The second-order valence-corrected chi connectivity index (χ2v) is 32.4. The van der Waals surface area contributed by atoms with Crippen LogP contribution in [0.1, 0.15) is 52.0 Å². The van der Waals surface area contributed by atoms with Gasteiger partial charge in [-0.05, 0) is 121 Å². The molecule has 0 unspecified atom stereocenters. The predicted molar refractivity (Wildman–Crippen MR) is 408 cm³/mol. The van der Waals surface area contributed by atoms with E-state index in [9.17, 15) is 73.3 Å². The van der Waals surface area contributed by atoms with Crippen LogP contribution in [0.3, 0.4) is 0 Å². The second-order valence-electron chi connectivity index (χ2n) is 25.3. The van der Waals surface area contributed by atoms with Crippen LogP contribution in [0.4, 0.5) is 0 Å². The largest absolute Gasteiger partial charge is 3.00 e. The SMILES string of the molecule is CC(=O)O.O=C(O)CNS(=O)(=O)c1ccc(C[n+]2ccccc2-c2c3nc(c(-c4cccc[n+]4Cc4ccc(S(=O)(=O)NCC(=O)O)cc4)c4ccc([nH]4)c(-c4cccc[n+]4Cc4ccc(S(=O)(=O)NCC(=O)O)cc4)c4nc(c(-c5cccc[n+]5Cc5ccc(S(=O)(=O)NCC(=O)O)cc5)c5ccc2[nH]5)C=C4)C=C3)cc1.[Br-].[Fe+3]. The summed E-state index contributed by atoms with van der Waals surface area (Å²) in [5.41, 5.74) is 12.0. The van der Waals surface area contributed by atoms with Gasteiger partial charge < -0.3 is 52.5 Å². The molecule has 4 aromatic carbocycles. The summed E-state index contributed by atoms with van der Waals surface area (Å²) < 4.78 is 122. The Kier molecular flexibility index (Phi) is 26.9. The molecule has 11 aromatic rings. The zero-order valence-electron chi connectivity index (χ0n) is 59.8. The maximum Gasteiger partial charge on any atom is 3.00 e. The molecule has 0 saturated heterocycles. The van der Waals surface area contributed by atoms with E-state index in [1.165, 1.54) is 48.5 Å². The van der Waals surface area contributed by atoms with Crippen LogP contribution in [0.2, 0.25) is 0 Å². The first-order valence-corrected chi connectivity index (χ1v) is 39.9. The molecule has 11 N–H and O–H groups in total. The van der Waals surface area contributed by atoms with Crippen LogP contribution in [0.25, 0.3) is 91.4 Å². The van der Waals surface area contributed by atoms with E-state index in [-0.39, 0.29) is 79.8 Å². The van der Waals surface area contributed by atoms with Gasteiger partial charge >= 0.3 is 40.9 Å². The van der Waals surface area contributed by atoms with E-state index in [2.05, 4.69) is 28.9 Å². The number of aromatic amines is 2. The number of H-pyrrole nitrogens is 2. The van der Waals surface area contributed by atoms with Crippen molar-refractivity contribution in [3.05, 3.63) is 264 Å². The average Bonchev–Trinajstić information content (AvgIpc) is 1.62. The molecule has 0 saturated carbocycles. The van der Waals surface area contributed by atoms with Crippen molar-refractivity contribution < 1.29 is 135 Å². The molecule has 0 atom stereocenters. The van der Waals surface area contributed by atoms with E-state index in [0.29, 0.717) is 112 Å². The van der Waals surface area contributed by atoms with Crippen molar-refractivity contribution in [3.8, 4) is 45.0 Å². The summed E-state index contributed by atoms with van der Waals surface area (Å²) in [5, 5.41) is 44.4. The molecule has 114 heavy (non-hydrogen) atoms. The molecule has 0 fully saturated rings. The molecule has 2 aliphatic heterocycles. The Morgan fingerprint density at radius 2 is 0.518 bits per heavy atom. The molecule has 13 rings (SSSR count). The van der Waals surface area contributed by atoms with Crippen LogP contribution in [0, 0.1) is 0 Å². The monoisotopic (exact) mass is 1730 g/mol. The van der Waals surface area contributed by atoms with Crippen molar-refractivity contribution in [2.75, 3.05) is 26.2 Å². The van der Waals surface area contributed by atoms with E-state index in [0.717, 1.165) is 6.92 Å². The molecule has 1 radical (unpaired) electrons. The van der Waals surface area contributed by atoms with Crippen LogP contribution in [0.15, 0.2) is 238 Å². The van der Waals surface area contributed by atoms with Gasteiger partial charge in [0.15, 0.2) is 51.0 Å². The molecule has 0 spiro atoms. The summed E-state index contributed by atoms with van der Waals surface area (Å²) in [6.45, 7) is -1.39. The van der Waals surface area contributed by atoms with Crippen LogP contribution in [-0.2, 0) is 107 Å². The third kappa shape index (κ3) is 20.3. The maximum atomic E-state index is 13.2. The number of benzene rings is 4. The van der Waals surface area contributed by atoms with Gasteiger partial charge in [-0.3, -0.25) is 24.0 Å². The van der Waals surface area contributed by atoms with Gasteiger partial charge in [-0.15, -0.1) is 0 Å². The quantitative estimate of drug-likeness (QED) is 0.0248. The number of aromatic nitrogens is 8. The first kappa shape index (κ1) is 84.5. The molecular formula is C78H70BrFeN12O18S4+6. The topological polar surface area (TPSA) is 444 Å². The van der Waals surface area contributed by atoms with Gasteiger partial charge in [-0.1, -0.05) is 48.5 Å². The van der Waals surface area contributed by atoms with Gasteiger partial charge in [0, 0.05) is 77.7 Å². The van der Waals surface area contributed by atoms with Crippen LogP contribution < -0.4 is 54.1 Å². The van der Waals surface area contributed by atoms with Crippen molar-refractivity contribution in [3.63, 3.8) is 0 Å². The van der Waals surface area contributed by atoms with Crippen molar-refractivity contribution in [1.82, 2.24) is 38.8 Å². The van der Waals surface area contributed by atoms with E-state index < -0.39 is 96.1 Å². The van der Waals surface area contributed by atoms with Crippen molar-refractivity contribution >= 4 is 116 Å².